The molecule has 1 aromatic rings. The van der Waals surface area contributed by atoms with Gasteiger partial charge in [-0.3, -0.25) is 0 Å². The van der Waals surface area contributed by atoms with E-state index in [9.17, 15) is 0 Å². The van der Waals surface area contributed by atoms with Crippen molar-refractivity contribution < 1.29 is 4.74 Å². The van der Waals surface area contributed by atoms with Gasteiger partial charge in [0.05, 0.1) is 7.11 Å². The highest BCUT2D eigenvalue weighted by Gasteiger charge is 2.55. The van der Waals surface area contributed by atoms with E-state index in [2.05, 4.69) is 18.2 Å². The average Bonchev–Trinajstić information content (AvgIpc) is 3.03. The molecule has 0 aliphatic heterocycles. The first kappa shape index (κ1) is 10.2. The van der Waals surface area contributed by atoms with E-state index < -0.39 is 0 Å². The van der Waals surface area contributed by atoms with E-state index in [-0.39, 0.29) is 0 Å². The van der Waals surface area contributed by atoms with Crippen LogP contribution in [0.5, 0.6) is 5.75 Å². The Kier molecular flexibility index (Phi) is 2.21. The van der Waals surface area contributed by atoms with Gasteiger partial charge in [-0.2, -0.15) is 0 Å². The fourth-order valence-electron chi connectivity index (χ4n) is 3.52. The summed E-state index contributed by atoms with van der Waals surface area (Å²) in [5.41, 5.74) is 9.21. The van der Waals surface area contributed by atoms with E-state index >= 15 is 0 Å². The molecular weight excluding hydrogens is 198 g/mol. The molecule has 2 atom stereocenters. The third-order valence-electron chi connectivity index (χ3n) is 4.46. The molecule has 0 aromatic heterocycles. The van der Waals surface area contributed by atoms with Crippen molar-refractivity contribution in [3.63, 3.8) is 0 Å². The Morgan fingerprint density at radius 3 is 3.06 bits per heavy atom. The second-order valence-corrected chi connectivity index (χ2v) is 5.13. The van der Waals surface area contributed by atoms with E-state index in [1.165, 1.54) is 36.8 Å². The lowest BCUT2D eigenvalue weighted by Crippen LogP contribution is -2.21. The maximum Gasteiger partial charge on any atom is 0.122 e. The number of ether oxygens (including phenoxy) is 1. The van der Waals surface area contributed by atoms with Gasteiger partial charge in [0.1, 0.15) is 5.75 Å². The second-order valence-electron chi connectivity index (χ2n) is 5.13. The van der Waals surface area contributed by atoms with Gasteiger partial charge in [-0.05, 0) is 55.3 Å². The Morgan fingerprint density at radius 1 is 1.50 bits per heavy atom. The minimum atomic E-state index is 0.414. The van der Waals surface area contributed by atoms with Crippen LogP contribution in [0.3, 0.4) is 0 Å². The van der Waals surface area contributed by atoms with Gasteiger partial charge in [0.2, 0.25) is 0 Å². The zero-order chi connectivity index (χ0) is 11.2. The maximum absolute atomic E-state index is 5.84. The molecule has 2 aliphatic rings. The molecule has 1 saturated carbocycles. The maximum atomic E-state index is 5.84. The highest BCUT2D eigenvalue weighted by atomic mass is 16.5. The first-order valence-corrected chi connectivity index (χ1v) is 6.18. The van der Waals surface area contributed by atoms with Gasteiger partial charge in [-0.1, -0.05) is 12.1 Å². The predicted octanol–water partition coefficient (Wildman–Crippen LogP) is 2.25. The first-order valence-electron chi connectivity index (χ1n) is 6.18. The smallest absolute Gasteiger partial charge is 0.122 e. The van der Waals surface area contributed by atoms with Gasteiger partial charge in [0, 0.05) is 5.41 Å². The monoisotopic (exact) mass is 217 g/mol. The van der Waals surface area contributed by atoms with Crippen LogP contribution in [0.25, 0.3) is 0 Å². The van der Waals surface area contributed by atoms with Crippen molar-refractivity contribution in [2.75, 3.05) is 13.7 Å². The summed E-state index contributed by atoms with van der Waals surface area (Å²) in [5.74, 6) is 1.78. The minimum absolute atomic E-state index is 0.414. The van der Waals surface area contributed by atoms with Gasteiger partial charge < -0.3 is 10.5 Å². The van der Waals surface area contributed by atoms with E-state index in [1.54, 1.807) is 7.11 Å². The summed E-state index contributed by atoms with van der Waals surface area (Å²) in [4.78, 5) is 0. The molecule has 1 fully saturated rings. The number of fused-ring (bicyclic) bond motifs is 2. The highest BCUT2D eigenvalue weighted by Crippen LogP contribution is 2.60. The molecule has 0 saturated heterocycles. The van der Waals surface area contributed by atoms with Crippen LogP contribution in [0.1, 0.15) is 30.4 Å². The molecular formula is C14H19NO. The van der Waals surface area contributed by atoms with Gasteiger partial charge in [-0.25, -0.2) is 0 Å². The minimum Gasteiger partial charge on any atom is -0.496 e. The van der Waals surface area contributed by atoms with Crippen LogP contribution in [-0.4, -0.2) is 13.7 Å². The Labute approximate surface area is 96.8 Å². The zero-order valence-corrected chi connectivity index (χ0v) is 9.83. The highest BCUT2D eigenvalue weighted by molar-refractivity contribution is 5.49. The molecule has 2 unspecified atom stereocenters. The molecule has 1 aromatic carbocycles. The molecule has 2 N–H and O–H groups in total. The average molecular weight is 217 g/mol. The number of methoxy groups -OCH3 is 1. The fraction of sp³-hybridized carbons (Fsp3) is 0.571. The summed E-state index contributed by atoms with van der Waals surface area (Å²) in [6.07, 6.45) is 5.04. The van der Waals surface area contributed by atoms with Crippen LogP contribution < -0.4 is 10.5 Å². The van der Waals surface area contributed by atoms with E-state index in [4.69, 9.17) is 10.5 Å². The summed E-state index contributed by atoms with van der Waals surface area (Å²) in [6, 6.07) is 6.49. The van der Waals surface area contributed by atoms with Crippen molar-refractivity contribution in [1.82, 2.24) is 0 Å². The van der Waals surface area contributed by atoms with Crippen LogP contribution in [0, 0.1) is 5.92 Å². The standard InChI is InChI=1S/C14H19NO/c1-16-13-6-2-5-12-11(13)4-3-7-14(12)8-10(14)9-15/h2,5-6,10H,3-4,7-9,15H2,1H3. The Morgan fingerprint density at radius 2 is 2.38 bits per heavy atom. The Bertz CT molecular complexity index is 415. The molecule has 0 heterocycles. The molecule has 2 nitrogen and oxygen atoms in total. The van der Waals surface area contributed by atoms with E-state index in [0.717, 1.165) is 12.3 Å². The van der Waals surface area contributed by atoms with Crippen LogP contribution in [0.4, 0.5) is 0 Å². The van der Waals surface area contributed by atoms with Crippen LogP contribution in [-0.2, 0) is 11.8 Å². The quantitative estimate of drug-likeness (QED) is 0.824. The number of hydrogen-bond acceptors (Lipinski definition) is 2. The van der Waals surface area contributed by atoms with Crippen molar-refractivity contribution in [3.8, 4) is 5.75 Å². The van der Waals surface area contributed by atoms with Gasteiger partial charge in [0.25, 0.3) is 0 Å². The first-order chi connectivity index (χ1) is 7.81. The Hall–Kier alpha value is -1.02. The van der Waals surface area contributed by atoms with Gasteiger partial charge >= 0.3 is 0 Å². The summed E-state index contributed by atoms with van der Waals surface area (Å²) < 4.78 is 5.47. The van der Waals surface area contributed by atoms with E-state index in [1.807, 2.05) is 0 Å². The third kappa shape index (κ3) is 1.23. The molecule has 0 amide bonds. The summed E-state index contributed by atoms with van der Waals surface area (Å²) in [6.45, 7) is 0.830. The molecule has 3 rings (SSSR count). The second kappa shape index (κ2) is 3.49. The van der Waals surface area contributed by atoms with Crippen molar-refractivity contribution >= 4 is 0 Å². The van der Waals surface area contributed by atoms with E-state index in [0.29, 0.717) is 11.3 Å². The number of benzene rings is 1. The lowest BCUT2D eigenvalue weighted by molar-refractivity contribution is 0.399. The molecule has 1 spiro atoms. The fourth-order valence-corrected chi connectivity index (χ4v) is 3.52. The number of hydrogen-bond donors (Lipinski definition) is 1. The van der Waals surface area contributed by atoms with Crippen LogP contribution in [0.15, 0.2) is 18.2 Å². The third-order valence-corrected chi connectivity index (χ3v) is 4.46. The number of nitrogens with two attached hydrogens (primary N) is 1. The Balaban J connectivity index is 2.07. The zero-order valence-electron chi connectivity index (χ0n) is 9.83. The molecule has 0 radical (unpaired) electrons. The molecule has 0 bridgehead atoms. The van der Waals surface area contributed by atoms with Crippen molar-refractivity contribution in [2.45, 2.75) is 31.1 Å². The molecule has 16 heavy (non-hydrogen) atoms. The molecule has 2 heteroatoms. The largest absolute Gasteiger partial charge is 0.496 e. The van der Waals surface area contributed by atoms with Crippen molar-refractivity contribution in [1.29, 1.82) is 0 Å². The summed E-state index contributed by atoms with van der Waals surface area (Å²) in [5, 5.41) is 0. The van der Waals surface area contributed by atoms with Gasteiger partial charge in [0.15, 0.2) is 0 Å². The summed E-state index contributed by atoms with van der Waals surface area (Å²) >= 11 is 0. The normalized spacial score (nSPS) is 31.2. The molecule has 2 aliphatic carbocycles. The van der Waals surface area contributed by atoms with Gasteiger partial charge in [-0.15, -0.1) is 0 Å². The number of rotatable bonds is 2. The topological polar surface area (TPSA) is 35.2 Å². The lowest BCUT2D eigenvalue weighted by atomic mass is 9.78. The summed E-state index contributed by atoms with van der Waals surface area (Å²) in [7, 11) is 1.77. The van der Waals surface area contributed by atoms with Crippen LogP contribution >= 0.6 is 0 Å². The SMILES string of the molecule is COc1cccc2c1CCCC21CC1CN. The van der Waals surface area contributed by atoms with Crippen molar-refractivity contribution in [3.05, 3.63) is 29.3 Å². The predicted molar refractivity (Wildman–Crippen MR) is 64.8 cm³/mol. The van der Waals surface area contributed by atoms with Crippen LogP contribution in [0.2, 0.25) is 0 Å². The molecule has 86 valence electrons. The van der Waals surface area contributed by atoms with Crippen molar-refractivity contribution in [2.24, 2.45) is 11.7 Å². The lowest BCUT2D eigenvalue weighted by Gasteiger charge is -2.28.